The molecule has 0 N–H and O–H groups in total. The topological polar surface area (TPSA) is 44.8 Å². The molecule has 0 aliphatic carbocycles. The fraction of sp³-hybridized carbons (Fsp3) is 0.350. The number of carbonyl (C=O) groups is 1. The summed E-state index contributed by atoms with van der Waals surface area (Å²) in [5.41, 5.74) is 3.60. The Bertz CT molecular complexity index is 811. The molecular formula is C20H20O4. The van der Waals surface area contributed by atoms with Crippen LogP contribution in [-0.2, 0) is 17.6 Å². The minimum atomic E-state index is -0.621. The lowest BCUT2D eigenvalue weighted by Crippen LogP contribution is -2.47. The molecule has 2 heterocycles. The fourth-order valence-corrected chi connectivity index (χ4v) is 3.47. The molecule has 0 bridgehead atoms. The number of rotatable bonds is 1. The Morgan fingerprint density at radius 1 is 1.00 bits per heavy atom. The maximum Gasteiger partial charge on any atom is 0.308 e. The lowest BCUT2D eigenvalue weighted by Gasteiger charge is -2.41. The molecule has 1 atom stereocenters. The summed E-state index contributed by atoms with van der Waals surface area (Å²) in [7, 11) is 0. The van der Waals surface area contributed by atoms with Gasteiger partial charge in [-0.25, -0.2) is 0 Å². The van der Waals surface area contributed by atoms with Crippen LogP contribution in [0.5, 0.6) is 17.2 Å². The molecule has 4 nitrogen and oxygen atoms in total. The Kier molecular flexibility index (Phi) is 3.48. The van der Waals surface area contributed by atoms with E-state index >= 15 is 0 Å². The number of ether oxygens (including phenoxy) is 3. The Balaban J connectivity index is 1.61. The minimum absolute atomic E-state index is 0.335. The summed E-state index contributed by atoms with van der Waals surface area (Å²) >= 11 is 0. The van der Waals surface area contributed by atoms with Crippen LogP contribution in [0.1, 0.15) is 36.5 Å². The van der Waals surface area contributed by atoms with Gasteiger partial charge in [0.05, 0.1) is 0 Å². The highest BCUT2D eigenvalue weighted by molar-refractivity contribution is 5.69. The first-order valence-electron chi connectivity index (χ1n) is 8.32. The van der Waals surface area contributed by atoms with E-state index in [2.05, 4.69) is 19.1 Å². The van der Waals surface area contributed by atoms with E-state index in [1.165, 1.54) is 18.1 Å². The summed E-state index contributed by atoms with van der Waals surface area (Å²) in [6.07, 6.45) is 3.47. The summed E-state index contributed by atoms with van der Waals surface area (Å²) in [4.78, 5) is 11.2. The van der Waals surface area contributed by atoms with Crippen LogP contribution < -0.4 is 14.2 Å². The summed E-state index contributed by atoms with van der Waals surface area (Å²) < 4.78 is 17.7. The molecule has 24 heavy (non-hydrogen) atoms. The summed E-state index contributed by atoms with van der Waals surface area (Å²) in [6, 6.07) is 11.8. The average molecular weight is 324 g/mol. The molecule has 4 heteroatoms. The van der Waals surface area contributed by atoms with E-state index in [9.17, 15) is 4.79 Å². The predicted octanol–water partition coefficient (Wildman–Crippen LogP) is 3.97. The molecule has 0 saturated carbocycles. The second kappa shape index (κ2) is 5.55. The molecule has 1 unspecified atom stereocenters. The van der Waals surface area contributed by atoms with Crippen molar-refractivity contribution in [1.29, 1.82) is 0 Å². The second-order valence-corrected chi connectivity index (χ2v) is 6.59. The third-order valence-corrected chi connectivity index (χ3v) is 4.66. The average Bonchev–Trinajstić information content (AvgIpc) is 2.54. The van der Waals surface area contributed by atoms with E-state index in [0.717, 1.165) is 42.7 Å². The van der Waals surface area contributed by atoms with Crippen LogP contribution in [0.15, 0.2) is 36.4 Å². The molecule has 124 valence electrons. The van der Waals surface area contributed by atoms with Gasteiger partial charge in [0.2, 0.25) is 0 Å². The monoisotopic (exact) mass is 324 g/mol. The van der Waals surface area contributed by atoms with Crippen molar-refractivity contribution in [1.82, 2.24) is 0 Å². The summed E-state index contributed by atoms with van der Waals surface area (Å²) in [5, 5.41) is 0. The van der Waals surface area contributed by atoms with Crippen molar-refractivity contribution in [3.05, 3.63) is 53.1 Å². The Labute approximate surface area is 141 Å². The summed E-state index contributed by atoms with van der Waals surface area (Å²) in [5.74, 6) is 1.20. The van der Waals surface area contributed by atoms with Crippen molar-refractivity contribution in [2.75, 3.05) is 0 Å². The number of aryl methyl sites for hydroxylation is 3. The van der Waals surface area contributed by atoms with Crippen molar-refractivity contribution in [3.63, 3.8) is 0 Å². The van der Waals surface area contributed by atoms with Crippen LogP contribution in [-0.4, -0.2) is 11.8 Å². The Morgan fingerprint density at radius 3 is 2.54 bits per heavy atom. The van der Waals surface area contributed by atoms with Crippen molar-refractivity contribution >= 4 is 5.97 Å². The van der Waals surface area contributed by atoms with Gasteiger partial charge in [-0.3, -0.25) is 4.79 Å². The fourth-order valence-electron chi connectivity index (χ4n) is 3.47. The highest BCUT2D eigenvalue weighted by Gasteiger charge is 2.41. The van der Waals surface area contributed by atoms with Gasteiger partial charge in [0.25, 0.3) is 5.79 Å². The lowest BCUT2D eigenvalue weighted by atomic mass is 9.91. The standard InChI is InChI=1S/C20H20O4/c1-13-3-6-18-16(11-13)8-10-20(23-18)9-7-15-4-5-17(22-14(2)21)12-19(15)24-20/h3-6,11-12H,7-10H2,1-2H3. The van der Waals surface area contributed by atoms with Crippen LogP contribution in [0.2, 0.25) is 0 Å². The molecule has 4 rings (SSSR count). The van der Waals surface area contributed by atoms with Crippen LogP contribution in [0, 0.1) is 6.92 Å². The van der Waals surface area contributed by atoms with Gasteiger partial charge in [-0.05, 0) is 43.0 Å². The van der Waals surface area contributed by atoms with E-state index in [-0.39, 0.29) is 5.97 Å². The second-order valence-electron chi connectivity index (χ2n) is 6.59. The van der Waals surface area contributed by atoms with E-state index in [0.29, 0.717) is 5.75 Å². The zero-order valence-electron chi connectivity index (χ0n) is 13.9. The molecule has 2 aliphatic heterocycles. The predicted molar refractivity (Wildman–Crippen MR) is 89.6 cm³/mol. The molecule has 0 radical (unpaired) electrons. The van der Waals surface area contributed by atoms with Gasteiger partial charge in [-0.1, -0.05) is 23.8 Å². The smallest absolute Gasteiger partial charge is 0.308 e. The van der Waals surface area contributed by atoms with Crippen molar-refractivity contribution in [2.24, 2.45) is 0 Å². The van der Waals surface area contributed by atoms with Gasteiger partial charge < -0.3 is 14.2 Å². The molecule has 0 aromatic heterocycles. The molecule has 1 spiro atoms. The number of hydrogen-bond acceptors (Lipinski definition) is 4. The van der Waals surface area contributed by atoms with Gasteiger partial charge in [0.1, 0.15) is 17.2 Å². The number of hydrogen-bond donors (Lipinski definition) is 0. The van der Waals surface area contributed by atoms with Gasteiger partial charge in [0.15, 0.2) is 0 Å². The van der Waals surface area contributed by atoms with Gasteiger partial charge in [0, 0.05) is 25.8 Å². The van der Waals surface area contributed by atoms with Crippen LogP contribution in [0.25, 0.3) is 0 Å². The van der Waals surface area contributed by atoms with Crippen LogP contribution in [0.3, 0.4) is 0 Å². The molecule has 0 amide bonds. The number of esters is 1. The Morgan fingerprint density at radius 2 is 1.75 bits per heavy atom. The molecule has 0 fully saturated rings. The first kappa shape index (κ1) is 15.1. The maximum atomic E-state index is 11.2. The van der Waals surface area contributed by atoms with Crippen LogP contribution >= 0.6 is 0 Å². The number of benzene rings is 2. The largest absolute Gasteiger partial charge is 0.452 e. The van der Waals surface area contributed by atoms with Gasteiger partial charge in [-0.2, -0.15) is 0 Å². The zero-order valence-corrected chi connectivity index (χ0v) is 13.9. The first-order valence-corrected chi connectivity index (χ1v) is 8.32. The molecule has 2 aromatic carbocycles. The van der Waals surface area contributed by atoms with E-state index in [1.54, 1.807) is 12.1 Å². The third-order valence-electron chi connectivity index (χ3n) is 4.66. The molecule has 2 aromatic rings. The molecular weight excluding hydrogens is 304 g/mol. The van der Waals surface area contributed by atoms with Crippen LogP contribution in [0.4, 0.5) is 0 Å². The first-order chi connectivity index (χ1) is 11.5. The zero-order chi connectivity index (χ0) is 16.7. The van der Waals surface area contributed by atoms with Gasteiger partial charge in [-0.15, -0.1) is 0 Å². The number of carbonyl (C=O) groups excluding carboxylic acids is 1. The SMILES string of the molecule is CC(=O)Oc1ccc2c(c1)OC1(CCc3cc(C)ccc3O1)CC2. The van der Waals surface area contributed by atoms with Crippen molar-refractivity contribution in [3.8, 4) is 17.2 Å². The number of fused-ring (bicyclic) bond motifs is 2. The van der Waals surface area contributed by atoms with E-state index < -0.39 is 5.79 Å². The Hall–Kier alpha value is -2.49. The van der Waals surface area contributed by atoms with E-state index in [4.69, 9.17) is 14.2 Å². The quantitative estimate of drug-likeness (QED) is 0.588. The van der Waals surface area contributed by atoms with Crippen molar-refractivity contribution in [2.45, 2.75) is 45.3 Å². The van der Waals surface area contributed by atoms with Crippen molar-refractivity contribution < 1.29 is 19.0 Å². The van der Waals surface area contributed by atoms with Gasteiger partial charge >= 0.3 is 5.97 Å². The third kappa shape index (κ3) is 2.73. The molecule has 0 saturated heterocycles. The summed E-state index contributed by atoms with van der Waals surface area (Å²) in [6.45, 7) is 3.49. The molecule has 2 aliphatic rings. The normalized spacial score (nSPS) is 21.2. The maximum absolute atomic E-state index is 11.2. The highest BCUT2D eigenvalue weighted by Crippen LogP contribution is 2.42. The highest BCUT2D eigenvalue weighted by atomic mass is 16.7. The minimum Gasteiger partial charge on any atom is -0.452 e. The lowest BCUT2D eigenvalue weighted by molar-refractivity contribution is -0.139. The van der Waals surface area contributed by atoms with E-state index in [1.807, 2.05) is 12.1 Å².